The first kappa shape index (κ1) is 21.2. The number of ether oxygens (including phenoxy) is 1. The summed E-state index contributed by atoms with van der Waals surface area (Å²) in [4.78, 5) is 11.9. The topological polar surface area (TPSA) is 62.9 Å². The smallest absolute Gasteiger partial charge is 0.236 e. The number of hydrogen-bond acceptors (Lipinski definition) is 5. The van der Waals surface area contributed by atoms with Crippen molar-refractivity contribution >= 4 is 41.3 Å². The molecule has 0 amide bonds. The van der Waals surface area contributed by atoms with Gasteiger partial charge in [-0.15, -0.1) is 35.3 Å². The zero-order valence-corrected chi connectivity index (χ0v) is 18.7. The van der Waals surface area contributed by atoms with Crippen LogP contribution in [0.5, 0.6) is 5.75 Å². The lowest BCUT2D eigenvalue weighted by atomic mass is 10.2. The van der Waals surface area contributed by atoms with Gasteiger partial charge in [0.2, 0.25) is 5.89 Å². The van der Waals surface area contributed by atoms with Gasteiger partial charge in [0.25, 0.3) is 0 Å². The summed E-state index contributed by atoms with van der Waals surface area (Å²) in [5, 5.41) is 5.33. The van der Waals surface area contributed by atoms with Crippen LogP contribution < -0.4 is 10.1 Å². The number of benzene rings is 1. The summed E-state index contributed by atoms with van der Waals surface area (Å²) in [5.74, 6) is 2.30. The number of methoxy groups -OCH3 is 1. The maximum Gasteiger partial charge on any atom is 0.236 e. The summed E-state index contributed by atoms with van der Waals surface area (Å²) < 4.78 is 10.7. The van der Waals surface area contributed by atoms with E-state index in [4.69, 9.17) is 9.15 Å². The molecule has 0 bridgehead atoms. The summed E-state index contributed by atoms with van der Waals surface area (Å²) in [6.07, 6.45) is 1.68. The SMILES string of the molecule is CN=C(NCc1coc(-c2cccs2)n1)N(C)Cc1ccc(OC)cc1.I. The Kier molecular flexibility index (Phi) is 8.11. The van der Waals surface area contributed by atoms with Crippen molar-refractivity contribution in [3.8, 4) is 16.5 Å². The fourth-order valence-corrected chi connectivity index (χ4v) is 3.19. The van der Waals surface area contributed by atoms with Crippen LogP contribution in [0.15, 0.2) is 57.5 Å². The van der Waals surface area contributed by atoms with Gasteiger partial charge in [-0.1, -0.05) is 18.2 Å². The lowest BCUT2D eigenvalue weighted by molar-refractivity contribution is 0.414. The van der Waals surface area contributed by atoms with Crippen molar-refractivity contribution < 1.29 is 9.15 Å². The normalized spacial score (nSPS) is 11.0. The lowest BCUT2D eigenvalue weighted by Crippen LogP contribution is -2.38. The van der Waals surface area contributed by atoms with E-state index in [2.05, 4.69) is 20.2 Å². The van der Waals surface area contributed by atoms with E-state index < -0.39 is 0 Å². The highest BCUT2D eigenvalue weighted by Gasteiger charge is 2.10. The third-order valence-corrected chi connectivity index (χ3v) is 4.72. The van der Waals surface area contributed by atoms with Crippen LogP contribution in [0.2, 0.25) is 0 Å². The molecule has 0 atom stereocenters. The number of halogens is 1. The van der Waals surface area contributed by atoms with Crippen molar-refractivity contribution in [2.24, 2.45) is 4.99 Å². The molecule has 0 aliphatic carbocycles. The highest BCUT2D eigenvalue weighted by Crippen LogP contribution is 2.23. The quantitative estimate of drug-likeness (QED) is 0.313. The largest absolute Gasteiger partial charge is 0.497 e. The van der Waals surface area contributed by atoms with E-state index in [1.807, 2.05) is 48.8 Å². The summed E-state index contributed by atoms with van der Waals surface area (Å²) in [5.41, 5.74) is 2.02. The second kappa shape index (κ2) is 10.3. The first-order valence-electron chi connectivity index (χ1n) is 8.22. The predicted molar refractivity (Wildman–Crippen MR) is 120 cm³/mol. The number of nitrogens with zero attached hydrogens (tertiary/aromatic N) is 3. The number of guanidine groups is 1. The summed E-state index contributed by atoms with van der Waals surface area (Å²) >= 11 is 1.61. The molecule has 3 rings (SSSR count). The van der Waals surface area contributed by atoms with Crippen LogP contribution in [0.4, 0.5) is 0 Å². The van der Waals surface area contributed by atoms with Crippen molar-refractivity contribution in [2.75, 3.05) is 21.2 Å². The van der Waals surface area contributed by atoms with Crippen molar-refractivity contribution in [3.63, 3.8) is 0 Å². The van der Waals surface area contributed by atoms with Gasteiger partial charge in [0.05, 0.1) is 24.2 Å². The molecule has 6 nitrogen and oxygen atoms in total. The standard InChI is InChI=1S/C19H22N4O2S.HI/c1-20-19(23(2)12-14-6-8-16(24-3)9-7-14)21-11-15-13-25-18(22-15)17-5-4-10-26-17;/h4-10,13H,11-12H2,1-3H3,(H,20,21);1H. The minimum absolute atomic E-state index is 0. The van der Waals surface area contributed by atoms with E-state index in [9.17, 15) is 0 Å². The van der Waals surface area contributed by atoms with Gasteiger partial charge in [0.1, 0.15) is 12.0 Å². The average molecular weight is 498 g/mol. The maximum atomic E-state index is 5.55. The average Bonchev–Trinajstić information content (AvgIpc) is 3.34. The van der Waals surface area contributed by atoms with Crippen LogP contribution >= 0.6 is 35.3 Å². The predicted octanol–water partition coefficient (Wildman–Crippen LogP) is 4.24. The number of rotatable bonds is 6. The van der Waals surface area contributed by atoms with Crippen molar-refractivity contribution in [1.29, 1.82) is 0 Å². The molecule has 0 aliphatic heterocycles. The molecule has 0 aliphatic rings. The summed E-state index contributed by atoms with van der Waals surface area (Å²) in [7, 11) is 5.44. The molecule has 0 fully saturated rings. The number of aliphatic imine (C=N–C) groups is 1. The molecule has 27 heavy (non-hydrogen) atoms. The van der Waals surface area contributed by atoms with E-state index in [1.54, 1.807) is 31.8 Å². The number of thiophene rings is 1. The number of hydrogen-bond donors (Lipinski definition) is 1. The van der Waals surface area contributed by atoms with Gasteiger partial charge >= 0.3 is 0 Å². The number of nitrogens with one attached hydrogen (secondary N) is 1. The van der Waals surface area contributed by atoms with Crippen molar-refractivity contribution in [1.82, 2.24) is 15.2 Å². The first-order chi connectivity index (χ1) is 12.7. The molecule has 144 valence electrons. The minimum Gasteiger partial charge on any atom is -0.497 e. The Morgan fingerprint density at radius 3 is 2.70 bits per heavy atom. The summed E-state index contributed by atoms with van der Waals surface area (Å²) in [6.45, 7) is 1.29. The Balaban J connectivity index is 0.00000261. The Morgan fingerprint density at radius 1 is 1.30 bits per heavy atom. The van der Waals surface area contributed by atoms with Gasteiger partial charge in [-0.05, 0) is 29.1 Å². The van der Waals surface area contributed by atoms with Gasteiger partial charge in [-0.2, -0.15) is 0 Å². The van der Waals surface area contributed by atoms with Crippen molar-refractivity contribution in [2.45, 2.75) is 13.1 Å². The minimum atomic E-state index is 0. The molecule has 2 aromatic heterocycles. The third kappa shape index (κ3) is 5.70. The third-order valence-electron chi connectivity index (χ3n) is 3.86. The van der Waals surface area contributed by atoms with Gasteiger partial charge in [0, 0.05) is 20.6 Å². The number of aromatic nitrogens is 1. The van der Waals surface area contributed by atoms with Crippen LogP contribution in [0.25, 0.3) is 10.8 Å². The molecule has 2 heterocycles. The molecule has 0 saturated carbocycles. The second-order valence-corrected chi connectivity index (χ2v) is 6.67. The highest BCUT2D eigenvalue weighted by molar-refractivity contribution is 14.0. The van der Waals surface area contributed by atoms with E-state index in [0.29, 0.717) is 12.4 Å². The zero-order chi connectivity index (χ0) is 18.4. The fraction of sp³-hybridized carbons (Fsp3) is 0.263. The van der Waals surface area contributed by atoms with E-state index >= 15 is 0 Å². The number of oxazole rings is 1. The molecule has 0 unspecified atom stereocenters. The Bertz CT molecular complexity index is 847. The van der Waals surface area contributed by atoms with Crippen LogP contribution in [0, 0.1) is 0 Å². The second-order valence-electron chi connectivity index (χ2n) is 5.73. The molecular formula is C19H23IN4O2S. The highest BCUT2D eigenvalue weighted by atomic mass is 127. The molecule has 3 aromatic rings. The Morgan fingerprint density at radius 2 is 2.07 bits per heavy atom. The fourth-order valence-electron chi connectivity index (χ4n) is 2.54. The van der Waals surface area contributed by atoms with Gasteiger partial charge in [0.15, 0.2) is 5.96 Å². The van der Waals surface area contributed by atoms with Crippen LogP contribution in [-0.2, 0) is 13.1 Å². The molecule has 0 radical (unpaired) electrons. The first-order valence-corrected chi connectivity index (χ1v) is 9.10. The summed E-state index contributed by atoms with van der Waals surface area (Å²) in [6, 6.07) is 12.0. The van der Waals surface area contributed by atoms with E-state index in [0.717, 1.165) is 28.8 Å². The van der Waals surface area contributed by atoms with Gasteiger partial charge < -0.3 is 19.4 Å². The van der Waals surface area contributed by atoms with Crippen LogP contribution in [-0.4, -0.2) is 37.0 Å². The van der Waals surface area contributed by atoms with Crippen LogP contribution in [0.1, 0.15) is 11.3 Å². The Hall–Kier alpha value is -2.07. The maximum absolute atomic E-state index is 5.55. The van der Waals surface area contributed by atoms with Crippen LogP contribution in [0.3, 0.4) is 0 Å². The molecule has 0 spiro atoms. The van der Waals surface area contributed by atoms with E-state index in [1.165, 1.54) is 5.56 Å². The van der Waals surface area contributed by atoms with Crippen molar-refractivity contribution in [3.05, 3.63) is 59.3 Å². The molecule has 1 N–H and O–H groups in total. The monoisotopic (exact) mass is 498 g/mol. The molecular weight excluding hydrogens is 475 g/mol. The van der Waals surface area contributed by atoms with Gasteiger partial charge in [-0.25, -0.2) is 4.98 Å². The molecule has 8 heteroatoms. The lowest BCUT2D eigenvalue weighted by Gasteiger charge is -2.22. The zero-order valence-electron chi connectivity index (χ0n) is 15.5. The van der Waals surface area contributed by atoms with E-state index in [-0.39, 0.29) is 24.0 Å². The molecule has 0 saturated heterocycles. The molecule has 1 aromatic carbocycles. The Labute approximate surface area is 180 Å². The van der Waals surface area contributed by atoms with Gasteiger partial charge in [-0.3, -0.25) is 4.99 Å².